The fourth-order valence-corrected chi connectivity index (χ4v) is 5.11. The molecular formula is C16H30N2O3S. The van der Waals surface area contributed by atoms with Crippen LogP contribution in [-0.2, 0) is 14.8 Å². The molecule has 3 fully saturated rings. The summed E-state index contributed by atoms with van der Waals surface area (Å²) in [7, 11) is -0.827. The molecule has 0 radical (unpaired) electrons. The minimum Gasteiger partial charge on any atom is -0.380 e. The van der Waals surface area contributed by atoms with Gasteiger partial charge < -0.3 is 9.64 Å². The Labute approximate surface area is 135 Å². The van der Waals surface area contributed by atoms with Gasteiger partial charge in [-0.25, -0.2) is 12.7 Å². The Morgan fingerprint density at radius 1 is 1.18 bits per heavy atom. The zero-order valence-corrected chi connectivity index (χ0v) is 14.8. The molecule has 1 aliphatic carbocycles. The van der Waals surface area contributed by atoms with E-state index in [1.54, 1.807) is 11.2 Å². The number of piperidine rings is 1. The minimum absolute atomic E-state index is 0.220. The molecular weight excluding hydrogens is 300 g/mol. The Hall–Kier alpha value is -0.170. The maximum absolute atomic E-state index is 12.0. The van der Waals surface area contributed by atoms with Crippen LogP contribution in [0.1, 0.15) is 39.0 Å². The number of nitrogens with zero attached hydrogens (tertiary/aromatic N) is 2. The molecule has 1 unspecified atom stereocenters. The molecule has 0 aromatic carbocycles. The van der Waals surface area contributed by atoms with Gasteiger partial charge in [0.2, 0.25) is 10.0 Å². The zero-order chi connectivity index (χ0) is 15.8. The highest BCUT2D eigenvalue weighted by Crippen LogP contribution is 2.43. The van der Waals surface area contributed by atoms with Crippen LogP contribution in [0.15, 0.2) is 0 Å². The van der Waals surface area contributed by atoms with Gasteiger partial charge in [-0.05, 0) is 57.4 Å². The van der Waals surface area contributed by atoms with Gasteiger partial charge in [-0.1, -0.05) is 0 Å². The predicted octanol–water partition coefficient (Wildman–Crippen LogP) is 1.55. The van der Waals surface area contributed by atoms with Crippen LogP contribution in [0, 0.1) is 11.3 Å². The number of ether oxygens (including phenoxy) is 1. The highest BCUT2D eigenvalue weighted by molar-refractivity contribution is 7.89. The van der Waals surface area contributed by atoms with E-state index in [2.05, 4.69) is 11.9 Å². The first kappa shape index (κ1) is 16.7. The largest absolute Gasteiger partial charge is 0.380 e. The third-order valence-corrected chi connectivity index (χ3v) is 7.66. The first-order valence-corrected chi connectivity index (χ1v) is 10.3. The van der Waals surface area contributed by atoms with Crippen molar-refractivity contribution >= 4 is 10.0 Å². The summed E-state index contributed by atoms with van der Waals surface area (Å²) in [5.41, 5.74) is 0.308. The van der Waals surface area contributed by atoms with Crippen LogP contribution >= 0.6 is 0 Å². The van der Waals surface area contributed by atoms with E-state index in [4.69, 9.17) is 4.74 Å². The summed E-state index contributed by atoms with van der Waals surface area (Å²) in [5.74, 6) is 1.04. The highest BCUT2D eigenvalue weighted by Gasteiger charge is 2.45. The fraction of sp³-hybridized carbons (Fsp3) is 1.00. The van der Waals surface area contributed by atoms with Crippen LogP contribution in [0.5, 0.6) is 0 Å². The molecule has 1 spiro atoms. The van der Waals surface area contributed by atoms with Gasteiger partial charge in [0.25, 0.3) is 0 Å². The van der Waals surface area contributed by atoms with Gasteiger partial charge in [0.1, 0.15) is 0 Å². The Kier molecular flexibility index (Phi) is 4.84. The molecule has 6 heteroatoms. The molecule has 3 rings (SSSR count). The molecule has 128 valence electrons. The van der Waals surface area contributed by atoms with E-state index in [9.17, 15) is 8.42 Å². The average Bonchev–Trinajstić information content (AvgIpc) is 3.26. The number of sulfonamides is 1. The average molecular weight is 330 g/mol. The zero-order valence-electron chi connectivity index (χ0n) is 14.0. The Morgan fingerprint density at radius 3 is 2.45 bits per heavy atom. The van der Waals surface area contributed by atoms with Gasteiger partial charge >= 0.3 is 0 Å². The Bertz CT molecular complexity index is 482. The van der Waals surface area contributed by atoms with Crippen molar-refractivity contribution in [3.63, 3.8) is 0 Å². The third-order valence-electron chi connectivity index (χ3n) is 5.78. The van der Waals surface area contributed by atoms with E-state index in [0.717, 1.165) is 44.9 Å². The molecule has 1 saturated carbocycles. The second kappa shape index (κ2) is 6.38. The number of likely N-dealkylation sites (N-methyl/N-ethyl adjacent to an activating group) is 1. The first-order chi connectivity index (χ1) is 10.4. The first-order valence-electron chi connectivity index (χ1n) is 8.70. The maximum Gasteiger partial charge on any atom is 0.213 e. The molecule has 0 amide bonds. The molecule has 22 heavy (non-hydrogen) atoms. The van der Waals surface area contributed by atoms with Crippen LogP contribution in [-0.4, -0.2) is 69.3 Å². The van der Waals surface area contributed by atoms with Crippen molar-refractivity contribution in [1.82, 2.24) is 9.21 Å². The molecule has 0 aromatic heterocycles. The summed E-state index contributed by atoms with van der Waals surface area (Å²) in [5, 5.41) is 0. The summed E-state index contributed by atoms with van der Waals surface area (Å²) in [4.78, 5) is 2.43. The molecule has 1 atom stereocenters. The van der Waals surface area contributed by atoms with Crippen molar-refractivity contribution in [2.45, 2.75) is 45.1 Å². The summed E-state index contributed by atoms with van der Waals surface area (Å²) in [6, 6.07) is 0.507. The molecule has 0 aromatic rings. The van der Waals surface area contributed by atoms with Gasteiger partial charge in [-0.2, -0.15) is 0 Å². The third kappa shape index (κ3) is 3.66. The van der Waals surface area contributed by atoms with Crippen LogP contribution in [0.4, 0.5) is 0 Å². The summed E-state index contributed by atoms with van der Waals surface area (Å²) in [6.07, 6.45) is 5.83. The highest BCUT2D eigenvalue weighted by atomic mass is 32.2. The normalized spacial score (nSPS) is 30.2. The topological polar surface area (TPSA) is 49.9 Å². The lowest BCUT2D eigenvalue weighted by Gasteiger charge is -2.38. The lowest BCUT2D eigenvalue weighted by Crippen LogP contribution is -2.44. The Morgan fingerprint density at radius 2 is 1.86 bits per heavy atom. The van der Waals surface area contributed by atoms with Crippen molar-refractivity contribution in [3.05, 3.63) is 0 Å². The van der Waals surface area contributed by atoms with Gasteiger partial charge in [0.15, 0.2) is 0 Å². The number of hydrogen-bond acceptors (Lipinski definition) is 4. The molecule has 2 heterocycles. The smallest absolute Gasteiger partial charge is 0.213 e. The van der Waals surface area contributed by atoms with Gasteiger partial charge in [0.05, 0.1) is 12.4 Å². The van der Waals surface area contributed by atoms with Gasteiger partial charge in [-0.15, -0.1) is 0 Å². The second-order valence-corrected chi connectivity index (χ2v) is 9.81. The molecule has 0 N–H and O–H groups in total. The lowest BCUT2D eigenvalue weighted by atomic mass is 9.77. The summed E-state index contributed by atoms with van der Waals surface area (Å²) < 4.78 is 31.6. The lowest BCUT2D eigenvalue weighted by molar-refractivity contribution is 0.0784. The van der Waals surface area contributed by atoms with E-state index in [-0.39, 0.29) is 5.75 Å². The van der Waals surface area contributed by atoms with E-state index in [1.807, 2.05) is 0 Å². The Balaban J connectivity index is 1.50. The number of likely N-dealkylation sites (tertiary alicyclic amines) is 1. The molecule has 2 aliphatic heterocycles. The van der Waals surface area contributed by atoms with Crippen molar-refractivity contribution in [1.29, 1.82) is 0 Å². The van der Waals surface area contributed by atoms with E-state index in [1.165, 1.54) is 12.8 Å². The minimum atomic E-state index is -3.02. The summed E-state index contributed by atoms with van der Waals surface area (Å²) >= 11 is 0. The van der Waals surface area contributed by atoms with Crippen LogP contribution < -0.4 is 0 Å². The number of hydrogen-bond donors (Lipinski definition) is 0. The summed E-state index contributed by atoms with van der Waals surface area (Å²) in [6.45, 7) is 5.98. The maximum atomic E-state index is 12.0. The monoisotopic (exact) mass is 330 g/mol. The standard InChI is InChI=1S/C16H30N2O3S/c1-3-22(19,20)18-8-6-16(7-9-18)10-15(17(2)13-16)12-21-11-14-4-5-14/h14-15H,3-13H2,1-2H3. The van der Waals surface area contributed by atoms with Crippen molar-refractivity contribution in [2.75, 3.05) is 45.6 Å². The fourth-order valence-electron chi connectivity index (χ4n) is 4.00. The predicted molar refractivity (Wildman–Crippen MR) is 87.3 cm³/mol. The molecule has 5 nitrogen and oxygen atoms in total. The van der Waals surface area contributed by atoms with Crippen LogP contribution in [0.3, 0.4) is 0 Å². The molecule has 2 saturated heterocycles. The van der Waals surface area contributed by atoms with Crippen LogP contribution in [0.25, 0.3) is 0 Å². The number of rotatable bonds is 6. The molecule has 0 bridgehead atoms. The van der Waals surface area contributed by atoms with Gasteiger partial charge in [0, 0.05) is 32.3 Å². The van der Waals surface area contributed by atoms with Crippen molar-refractivity contribution < 1.29 is 13.2 Å². The SMILES string of the molecule is CCS(=O)(=O)N1CCC2(CC1)CC(COCC1CC1)N(C)C2. The second-order valence-electron chi connectivity index (χ2n) is 7.55. The molecule has 3 aliphatic rings. The van der Waals surface area contributed by atoms with E-state index < -0.39 is 10.0 Å². The van der Waals surface area contributed by atoms with Crippen molar-refractivity contribution in [3.8, 4) is 0 Å². The quantitative estimate of drug-likeness (QED) is 0.741. The van der Waals surface area contributed by atoms with E-state index in [0.29, 0.717) is 24.5 Å². The van der Waals surface area contributed by atoms with Crippen molar-refractivity contribution in [2.24, 2.45) is 11.3 Å². The van der Waals surface area contributed by atoms with Gasteiger partial charge in [-0.3, -0.25) is 0 Å². The van der Waals surface area contributed by atoms with Crippen LogP contribution in [0.2, 0.25) is 0 Å². The van der Waals surface area contributed by atoms with E-state index >= 15 is 0 Å².